The third kappa shape index (κ3) is 1.94. The van der Waals surface area contributed by atoms with Gasteiger partial charge in [-0.25, -0.2) is 5.84 Å². The van der Waals surface area contributed by atoms with Crippen molar-refractivity contribution >= 4 is 11.8 Å². The summed E-state index contributed by atoms with van der Waals surface area (Å²) in [4.78, 5) is 21.5. The lowest BCUT2D eigenvalue weighted by atomic mass is 9.82. The molecule has 1 rings (SSSR count). The van der Waals surface area contributed by atoms with E-state index >= 15 is 0 Å². The summed E-state index contributed by atoms with van der Waals surface area (Å²) in [7, 11) is 0. The van der Waals surface area contributed by atoms with Gasteiger partial charge in [0.05, 0.1) is 0 Å². The molecular formula is C7H13N3O2. The summed E-state index contributed by atoms with van der Waals surface area (Å²) in [6.07, 6.45) is 1.90. The quantitative estimate of drug-likeness (QED) is 0.202. The van der Waals surface area contributed by atoms with E-state index in [-0.39, 0.29) is 6.04 Å². The van der Waals surface area contributed by atoms with Crippen molar-refractivity contribution in [3.63, 3.8) is 0 Å². The number of nitrogens with two attached hydrogens (primary N) is 1. The fourth-order valence-corrected chi connectivity index (χ4v) is 1.34. The molecule has 5 heteroatoms. The molecular weight excluding hydrogens is 158 g/mol. The summed E-state index contributed by atoms with van der Waals surface area (Å²) in [6.45, 7) is 2.10. The number of carbonyl (C=O) groups is 2. The monoisotopic (exact) mass is 171 g/mol. The molecule has 2 amide bonds. The highest BCUT2D eigenvalue weighted by Gasteiger charge is 2.28. The standard InChI is InChI=1S/C7H13N3O2/c1-4-2-5(3-4)9-6(11)7(12)10-8/h4-5H,2-3,8H2,1H3,(H,9,11)(H,10,12). The number of rotatable bonds is 1. The molecule has 0 radical (unpaired) electrons. The maximum atomic E-state index is 10.9. The Balaban J connectivity index is 2.23. The zero-order chi connectivity index (χ0) is 9.14. The summed E-state index contributed by atoms with van der Waals surface area (Å²) in [5, 5.41) is 2.57. The van der Waals surface area contributed by atoms with Crippen LogP contribution in [0.3, 0.4) is 0 Å². The van der Waals surface area contributed by atoms with Crippen molar-refractivity contribution in [3.05, 3.63) is 0 Å². The number of hydrogen-bond acceptors (Lipinski definition) is 3. The predicted molar refractivity (Wildman–Crippen MR) is 42.7 cm³/mol. The first-order chi connectivity index (χ1) is 5.63. The van der Waals surface area contributed by atoms with E-state index in [1.54, 1.807) is 5.43 Å². The van der Waals surface area contributed by atoms with Gasteiger partial charge in [-0.05, 0) is 18.8 Å². The van der Waals surface area contributed by atoms with Gasteiger partial charge in [0.25, 0.3) is 0 Å². The molecule has 0 saturated heterocycles. The summed E-state index contributed by atoms with van der Waals surface area (Å²) < 4.78 is 0. The molecule has 0 aromatic heterocycles. The lowest BCUT2D eigenvalue weighted by Crippen LogP contribution is -2.50. The number of hydrogen-bond donors (Lipinski definition) is 3. The second-order valence-corrected chi connectivity index (χ2v) is 3.22. The van der Waals surface area contributed by atoms with Crippen molar-refractivity contribution in [2.24, 2.45) is 11.8 Å². The smallest absolute Gasteiger partial charge is 0.323 e. The third-order valence-corrected chi connectivity index (χ3v) is 2.05. The molecule has 4 N–H and O–H groups in total. The molecule has 0 bridgehead atoms. The van der Waals surface area contributed by atoms with Crippen LogP contribution in [0.1, 0.15) is 19.8 Å². The van der Waals surface area contributed by atoms with Crippen LogP contribution in [0.15, 0.2) is 0 Å². The molecule has 1 aliphatic carbocycles. The molecule has 1 fully saturated rings. The van der Waals surface area contributed by atoms with Crippen LogP contribution in [0.2, 0.25) is 0 Å². The molecule has 0 aromatic rings. The maximum Gasteiger partial charge on any atom is 0.323 e. The SMILES string of the molecule is CC1CC(NC(=O)C(=O)NN)C1. The van der Waals surface area contributed by atoms with Gasteiger partial charge in [0.2, 0.25) is 0 Å². The van der Waals surface area contributed by atoms with E-state index in [2.05, 4.69) is 12.2 Å². The summed E-state index contributed by atoms with van der Waals surface area (Å²) in [6, 6.07) is 0.157. The molecule has 5 nitrogen and oxygen atoms in total. The first kappa shape index (κ1) is 8.99. The first-order valence-electron chi connectivity index (χ1n) is 3.95. The molecule has 1 aliphatic rings. The minimum atomic E-state index is -0.783. The molecule has 0 aliphatic heterocycles. The predicted octanol–water partition coefficient (Wildman–Crippen LogP) is -1.11. The van der Waals surface area contributed by atoms with Crippen LogP contribution in [-0.2, 0) is 9.59 Å². The number of nitrogens with one attached hydrogen (secondary N) is 2. The van der Waals surface area contributed by atoms with Gasteiger partial charge in [0.15, 0.2) is 0 Å². The summed E-state index contributed by atoms with van der Waals surface area (Å²) >= 11 is 0. The van der Waals surface area contributed by atoms with Gasteiger partial charge in [-0.1, -0.05) is 6.92 Å². The van der Waals surface area contributed by atoms with Crippen LogP contribution in [-0.4, -0.2) is 17.9 Å². The van der Waals surface area contributed by atoms with Gasteiger partial charge < -0.3 is 5.32 Å². The highest BCUT2D eigenvalue weighted by Crippen LogP contribution is 2.25. The Kier molecular flexibility index (Phi) is 2.65. The van der Waals surface area contributed by atoms with Gasteiger partial charge in [-0.2, -0.15) is 0 Å². The molecule has 12 heavy (non-hydrogen) atoms. The minimum absolute atomic E-state index is 0.157. The van der Waals surface area contributed by atoms with Crippen LogP contribution < -0.4 is 16.6 Å². The molecule has 68 valence electrons. The largest absolute Gasteiger partial charge is 0.345 e. The zero-order valence-electron chi connectivity index (χ0n) is 6.96. The van der Waals surface area contributed by atoms with Gasteiger partial charge in [-0.15, -0.1) is 0 Å². The van der Waals surface area contributed by atoms with Crippen molar-refractivity contribution in [3.8, 4) is 0 Å². The highest BCUT2D eigenvalue weighted by atomic mass is 16.2. The van der Waals surface area contributed by atoms with Gasteiger partial charge in [0, 0.05) is 6.04 Å². The first-order valence-corrected chi connectivity index (χ1v) is 3.95. The lowest BCUT2D eigenvalue weighted by molar-refractivity contribution is -0.140. The van der Waals surface area contributed by atoms with E-state index in [0.717, 1.165) is 12.8 Å². The van der Waals surface area contributed by atoms with Crippen LogP contribution in [0.25, 0.3) is 0 Å². The van der Waals surface area contributed by atoms with E-state index in [4.69, 9.17) is 5.84 Å². The normalized spacial score (nSPS) is 27.2. The summed E-state index contributed by atoms with van der Waals surface area (Å²) in [5.74, 6) is 4.00. The van der Waals surface area contributed by atoms with Gasteiger partial charge in [0.1, 0.15) is 0 Å². The molecule has 0 unspecified atom stereocenters. The van der Waals surface area contributed by atoms with E-state index in [1.165, 1.54) is 0 Å². The number of hydrazine groups is 1. The van der Waals surface area contributed by atoms with E-state index in [1.807, 2.05) is 0 Å². The van der Waals surface area contributed by atoms with Crippen LogP contribution in [0, 0.1) is 5.92 Å². The van der Waals surface area contributed by atoms with Crippen molar-refractivity contribution in [1.29, 1.82) is 0 Å². The summed E-state index contributed by atoms with van der Waals surface area (Å²) in [5.41, 5.74) is 1.78. The van der Waals surface area contributed by atoms with Gasteiger partial charge >= 0.3 is 11.8 Å². The van der Waals surface area contributed by atoms with Crippen molar-refractivity contribution in [1.82, 2.24) is 10.7 Å². The molecule has 1 saturated carbocycles. The highest BCUT2D eigenvalue weighted by molar-refractivity contribution is 6.34. The van der Waals surface area contributed by atoms with E-state index in [0.29, 0.717) is 5.92 Å². The van der Waals surface area contributed by atoms with E-state index in [9.17, 15) is 9.59 Å². The van der Waals surface area contributed by atoms with Crippen LogP contribution >= 0.6 is 0 Å². The Morgan fingerprint density at radius 2 is 1.92 bits per heavy atom. The Labute approximate surface area is 70.7 Å². The second kappa shape index (κ2) is 3.53. The third-order valence-electron chi connectivity index (χ3n) is 2.05. The minimum Gasteiger partial charge on any atom is -0.345 e. The Hall–Kier alpha value is -1.10. The Bertz CT molecular complexity index is 199. The van der Waals surface area contributed by atoms with Crippen molar-refractivity contribution in [2.45, 2.75) is 25.8 Å². The second-order valence-electron chi connectivity index (χ2n) is 3.22. The maximum absolute atomic E-state index is 10.9. The van der Waals surface area contributed by atoms with Crippen LogP contribution in [0.4, 0.5) is 0 Å². The average Bonchev–Trinajstić information content (AvgIpc) is 2.00. The zero-order valence-corrected chi connectivity index (χ0v) is 6.96. The fraction of sp³-hybridized carbons (Fsp3) is 0.714. The lowest BCUT2D eigenvalue weighted by Gasteiger charge is -2.32. The van der Waals surface area contributed by atoms with Crippen molar-refractivity contribution in [2.75, 3.05) is 0 Å². The van der Waals surface area contributed by atoms with Gasteiger partial charge in [-0.3, -0.25) is 15.0 Å². The molecule has 0 atom stereocenters. The molecule has 0 heterocycles. The van der Waals surface area contributed by atoms with Crippen LogP contribution in [0.5, 0.6) is 0 Å². The topological polar surface area (TPSA) is 84.2 Å². The molecule has 0 spiro atoms. The van der Waals surface area contributed by atoms with Crippen molar-refractivity contribution < 1.29 is 9.59 Å². The fourth-order valence-electron chi connectivity index (χ4n) is 1.34. The average molecular weight is 171 g/mol. The number of carbonyl (C=O) groups excluding carboxylic acids is 2. The Morgan fingerprint density at radius 1 is 1.33 bits per heavy atom. The number of amides is 2. The van der Waals surface area contributed by atoms with E-state index < -0.39 is 11.8 Å². The molecule has 0 aromatic carbocycles. The Morgan fingerprint density at radius 3 is 2.33 bits per heavy atom.